The van der Waals surface area contributed by atoms with Crippen molar-refractivity contribution in [1.82, 2.24) is 9.78 Å². The minimum Gasteiger partial charge on any atom is -0.265 e. The molecule has 3 nitrogen and oxygen atoms in total. The summed E-state index contributed by atoms with van der Waals surface area (Å²) in [5, 5.41) is 6.74. The van der Waals surface area contributed by atoms with Gasteiger partial charge in [-0.3, -0.25) is 9.67 Å². The molecule has 0 N–H and O–H groups in total. The zero-order valence-electron chi connectivity index (χ0n) is 7.59. The SMILES string of the molecule is C1=CC=c2c(nn3c2=CN=CC3)C=C1. The molecule has 0 atom stereocenters. The summed E-state index contributed by atoms with van der Waals surface area (Å²) in [6.07, 6.45) is 13.8. The number of hydrogen-bond donors (Lipinski definition) is 0. The summed E-state index contributed by atoms with van der Waals surface area (Å²) in [5.74, 6) is 0. The lowest BCUT2D eigenvalue weighted by molar-refractivity contribution is 0.700. The van der Waals surface area contributed by atoms with Gasteiger partial charge in [0.25, 0.3) is 0 Å². The van der Waals surface area contributed by atoms with E-state index in [-0.39, 0.29) is 0 Å². The maximum absolute atomic E-state index is 4.49. The van der Waals surface area contributed by atoms with E-state index in [0.29, 0.717) is 0 Å². The molecule has 68 valence electrons. The number of nitrogens with zero attached hydrogens (tertiary/aromatic N) is 3. The molecular weight excluding hydrogens is 174 g/mol. The fourth-order valence-corrected chi connectivity index (χ4v) is 1.69. The number of fused-ring (bicyclic) bond motifs is 3. The third-order valence-corrected chi connectivity index (χ3v) is 2.35. The Morgan fingerprint density at radius 1 is 1.21 bits per heavy atom. The van der Waals surface area contributed by atoms with Crippen molar-refractivity contribution < 1.29 is 0 Å². The molecular formula is C11H9N3. The molecule has 0 unspecified atom stereocenters. The van der Waals surface area contributed by atoms with Crippen LogP contribution in [0.3, 0.4) is 0 Å². The van der Waals surface area contributed by atoms with Gasteiger partial charge in [0.2, 0.25) is 0 Å². The second-order valence-corrected chi connectivity index (χ2v) is 3.24. The molecule has 2 heterocycles. The van der Waals surface area contributed by atoms with Gasteiger partial charge in [-0.15, -0.1) is 0 Å². The normalized spacial score (nSPS) is 16.6. The standard InChI is InChI=1S/C11H9N3/c1-2-4-9-10(5-3-1)13-14-7-6-12-8-11(9)14/h1-6,8H,7H2. The van der Waals surface area contributed by atoms with Gasteiger partial charge in [0.15, 0.2) is 0 Å². The van der Waals surface area contributed by atoms with E-state index in [4.69, 9.17) is 0 Å². The molecule has 0 aromatic carbocycles. The molecule has 1 aliphatic heterocycles. The van der Waals surface area contributed by atoms with E-state index >= 15 is 0 Å². The molecule has 1 aromatic heterocycles. The molecule has 1 aromatic rings. The Morgan fingerprint density at radius 2 is 2.21 bits per heavy atom. The van der Waals surface area contributed by atoms with Gasteiger partial charge in [-0.25, -0.2) is 0 Å². The van der Waals surface area contributed by atoms with Gasteiger partial charge in [-0.2, -0.15) is 5.10 Å². The zero-order valence-corrected chi connectivity index (χ0v) is 7.59. The first-order valence-electron chi connectivity index (χ1n) is 4.59. The number of aliphatic imine (C=N–C) groups is 1. The number of hydrogen-bond acceptors (Lipinski definition) is 2. The zero-order chi connectivity index (χ0) is 9.38. The van der Waals surface area contributed by atoms with Crippen molar-refractivity contribution in [2.45, 2.75) is 6.54 Å². The van der Waals surface area contributed by atoms with Gasteiger partial charge in [0, 0.05) is 11.4 Å². The monoisotopic (exact) mass is 183 g/mol. The molecule has 0 radical (unpaired) electrons. The Morgan fingerprint density at radius 3 is 3.21 bits per heavy atom. The molecule has 0 saturated carbocycles. The first kappa shape index (κ1) is 7.50. The van der Waals surface area contributed by atoms with Gasteiger partial charge in [0.05, 0.1) is 23.8 Å². The van der Waals surface area contributed by atoms with E-state index in [9.17, 15) is 0 Å². The van der Waals surface area contributed by atoms with Crippen LogP contribution in [-0.4, -0.2) is 16.0 Å². The molecule has 0 saturated heterocycles. The highest BCUT2D eigenvalue weighted by Crippen LogP contribution is 1.95. The summed E-state index contributed by atoms with van der Waals surface area (Å²) in [7, 11) is 0. The van der Waals surface area contributed by atoms with Gasteiger partial charge >= 0.3 is 0 Å². The van der Waals surface area contributed by atoms with Gasteiger partial charge < -0.3 is 0 Å². The highest BCUT2D eigenvalue weighted by molar-refractivity contribution is 5.64. The van der Waals surface area contributed by atoms with E-state index in [0.717, 1.165) is 22.8 Å². The highest BCUT2D eigenvalue weighted by atomic mass is 15.3. The quantitative estimate of drug-likeness (QED) is 0.559. The molecule has 0 amide bonds. The first-order valence-corrected chi connectivity index (χ1v) is 4.59. The van der Waals surface area contributed by atoms with Crippen LogP contribution in [0.15, 0.2) is 23.2 Å². The average Bonchev–Trinajstić information content (AvgIpc) is 2.42. The largest absolute Gasteiger partial charge is 0.265 e. The van der Waals surface area contributed by atoms with Crippen LogP contribution in [0.1, 0.15) is 5.69 Å². The van der Waals surface area contributed by atoms with Gasteiger partial charge in [0.1, 0.15) is 0 Å². The van der Waals surface area contributed by atoms with Crippen molar-refractivity contribution >= 4 is 24.6 Å². The third-order valence-electron chi connectivity index (χ3n) is 2.35. The van der Waals surface area contributed by atoms with Crippen LogP contribution >= 0.6 is 0 Å². The van der Waals surface area contributed by atoms with Crippen LogP contribution in [-0.2, 0) is 6.54 Å². The second kappa shape index (κ2) is 2.80. The van der Waals surface area contributed by atoms with Crippen molar-refractivity contribution in [3.8, 4) is 0 Å². The Balaban J connectivity index is 2.44. The number of aromatic nitrogens is 2. The van der Waals surface area contributed by atoms with Crippen molar-refractivity contribution in [2.24, 2.45) is 4.99 Å². The molecule has 0 fully saturated rings. The van der Waals surface area contributed by atoms with Gasteiger partial charge in [-0.05, 0) is 6.08 Å². The number of rotatable bonds is 0. The Labute approximate surface area is 81.1 Å². The highest BCUT2D eigenvalue weighted by Gasteiger charge is 2.05. The fourth-order valence-electron chi connectivity index (χ4n) is 1.69. The lowest BCUT2D eigenvalue weighted by atomic mass is 10.3. The molecule has 1 aliphatic carbocycles. The van der Waals surface area contributed by atoms with Crippen molar-refractivity contribution in [3.05, 3.63) is 34.5 Å². The predicted molar refractivity (Wildman–Crippen MR) is 57.1 cm³/mol. The summed E-state index contributed by atoms with van der Waals surface area (Å²) >= 11 is 0. The lowest BCUT2D eigenvalue weighted by Gasteiger charge is -1.98. The summed E-state index contributed by atoms with van der Waals surface area (Å²) in [6.45, 7) is 0.768. The Hall–Kier alpha value is -1.90. The Bertz CT molecular complexity index is 570. The molecule has 0 bridgehead atoms. The van der Waals surface area contributed by atoms with E-state index in [1.54, 1.807) is 0 Å². The topological polar surface area (TPSA) is 30.2 Å². The Kier molecular flexibility index (Phi) is 1.50. The van der Waals surface area contributed by atoms with Crippen LogP contribution in [0.2, 0.25) is 0 Å². The minimum atomic E-state index is 0.768. The van der Waals surface area contributed by atoms with E-state index in [1.807, 2.05) is 41.4 Å². The van der Waals surface area contributed by atoms with Crippen LogP contribution in [0, 0.1) is 0 Å². The fraction of sp³-hybridized carbons (Fsp3) is 0.0909. The van der Waals surface area contributed by atoms with Crippen molar-refractivity contribution in [2.75, 3.05) is 0 Å². The smallest absolute Gasteiger partial charge is 0.0930 e. The molecule has 2 aliphatic rings. The maximum atomic E-state index is 4.49. The molecule has 0 spiro atoms. The van der Waals surface area contributed by atoms with Crippen LogP contribution in [0.25, 0.3) is 18.4 Å². The molecule has 14 heavy (non-hydrogen) atoms. The van der Waals surface area contributed by atoms with Crippen LogP contribution in [0.4, 0.5) is 0 Å². The molecule has 3 heteroatoms. The summed E-state index contributed by atoms with van der Waals surface area (Å²) in [4.78, 5) is 4.15. The predicted octanol–water partition coefficient (Wildman–Crippen LogP) is 0.0690. The average molecular weight is 183 g/mol. The lowest BCUT2D eigenvalue weighted by Crippen LogP contribution is -2.31. The number of allylic oxidation sites excluding steroid dienone is 3. The van der Waals surface area contributed by atoms with Crippen LogP contribution < -0.4 is 10.6 Å². The van der Waals surface area contributed by atoms with E-state index in [2.05, 4.69) is 16.2 Å². The first-order chi connectivity index (χ1) is 6.95. The van der Waals surface area contributed by atoms with Crippen LogP contribution in [0.5, 0.6) is 0 Å². The molecule has 3 rings (SSSR count). The van der Waals surface area contributed by atoms with Crippen molar-refractivity contribution in [3.63, 3.8) is 0 Å². The minimum absolute atomic E-state index is 0.768. The summed E-state index contributed by atoms with van der Waals surface area (Å²) in [6, 6.07) is 0. The maximum Gasteiger partial charge on any atom is 0.0930 e. The van der Waals surface area contributed by atoms with E-state index in [1.165, 1.54) is 0 Å². The second-order valence-electron chi connectivity index (χ2n) is 3.24. The van der Waals surface area contributed by atoms with Crippen molar-refractivity contribution in [1.29, 1.82) is 0 Å². The third kappa shape index (κ3) is 0.988. The van der Waals surface area contributed by atoms with Gasteiger partial charge in [-0.1, -0.05) is 24.3 Å². The summed E-state index contributed by atoms with van der Waals surface area (Å²) < 4.78 is 1.97. The summed E-state index contributed by atoms with van der Waals surface area (Å²) in [5.41, 5.74) is 1.02. The van der Waals surface area contributed by atoms with E-state index < -0.39 is 0 Å².